The van der Waals surface area contributed by atoms with Crippen LogP contribution in [0.4, 0.5) is 0 Å². The molecular weight excluding hydrogens is 163 g/mol. The van der Waals surface area contributed by atoms with E-state index in [2.05, 4.69) is 6.92 Å². The lowest BCUT2D eigenvalue weighted by Crippen LogP contribution is -2.11. The highest BCUT2D eigenvalue weighted by molar-refractivity contribution is 7.38. The fourth-order valence-corrected chi connectivity index (χ4v) is 3.06. The Labute approximate surface area is 79.3 Å². The average molecular weight is 185 g/mol. The van der Waals surface area contributed by atoms with Gasteiger partial charge in [-0.25, -0.2) is 0 Å². The second kappa shape index (κ2) is 6.89. The third-order valence-corrected chi connectivity index (χ3v) is 4.33. The van der Waals surface area contributed by atoms with Gasteiger partial charge in [0.25, 0.3) is 0 Å². The molecule has 1 rings (SSSR count). The predicted octanol–water partition coefficient (Wildman–Crippen LogP) is 4.46. The molecule has 0 aromatic heterocycles. The van der Waals surface area contributed by atoms with Crippen molar-refractivity contribution in [2.24, 2.45) is 0 Å². The third kappa shape index (κ3) is 4.45. The highest BCUT2D eigenvalue weighted by atomic mass is 31.1. The van der Waals surface area contributed by atoms with Crippen LogP contribution in [0.5, 0.6) is 0 Å². The Morgan fingerprint density at radius 2 is 1.83 bits per heavy atom. The first kappa shape index (κ1) is 10.5. The van der Waals surface area contributed by atoms with E-state index < -0.39 is 0 Å². The summed E-state index contributed by atoms with van der Waals surface area (Å²) < 4.78 is 0. The lowest BCUT2D eigenvalue weighted by molar-refractivity contribution is 0.517. The van der Waals surface area contributed by atoms with Crippen molar-refractivity contribution in [3.63, 3.8) is 0 Å². The maximum absolute atomic E-state index is 2.28. The molecule has 0 heterocycles. The summed E-state index contributed by atoms with van der Waals surface area (Å²) >= 11 is 0. The van der Waals surface area contributed by atoms with E-state index in [1.54, 1.807) is 8.58 Å². The normalized spacial score (nSPS) is 18.8. The van der Waals surface area contributed by atoms with Gasteiger partial charge in [-0.2, -0.15) is 0 Å². The molecule has 0 aromatic carbocycles. The maximum atomic E-state index is 2.28. The zero-order valence-electron chi connectivity index (χ0n) is 8.39. The molecule has 1 aliphatic carbocycles. The monoisotopic (exact) mass is 185 g/mol. The van der Waals surface area contributed by atoms with E-state index in [1.165, 1.54) is 57.5 Å². The van der Waals surface area contributed by atoms with Crippen LogP contribution in [0.3, 0.4) is 0 Å². The largest absolute Gasteiger partial charge is 0.0775 e. The van der Waals surface area contributed by atoms with E-state index >= 15 is 0 Å². The molecule has 0 aromatic rings. The van der Waals surface area contributed by atoms with Crippen molar-refractivity contribution >= 4 is 8.58 Å². The van der Waals surface area contributed by atoms with Gasteiger partial charge in [-0.15, -0.1) is 0 Å². The van der Waals surface area contributed by atoms with E-state index in [4.69, 9.17) is 0 Å². The molecule has 0 bridgehead atoms. The molecule has 71 valence electrons. The van der Waals surface area contributed by atoms with Gasteiger partial charge in [0.1, 0.15) is 0 Å². The van der Waals surface area contributed by atoms with Gasteiger partial charge in [-0.05, 0) is 31.1 Å². The summed E-state index contributed by atoms with van der Waals surface area (Å²) in [5.41, 5.74) is 1.11. The van der Waals surface area contributed by atoms with E-state index in [1.807, 2.05) is 0 Å². The van der Waals surface area contributed by atoms with Gasteiger partial charge in [0.05, 0.1) is 0 Å². The zero-order valence-corrected chi connectivity index (χ0v) is 9.28. The van der Waals surface area contributed by atoms with Gasteiger partial charge in [-0.3, -0.25) is 0 Å². The van der Waals surface area contributed by atoms with Crippen LogP contribution in [0.2, 0.25) is 0 Å². The Morgan fingerprint density at radius 1 is 1.08 bits per heavy atom. The Bertz CT molecular complexity index is 97.2. The molecule has 0 nitrogen and oxygen atoms in total. The Balaban J connectivity index is 1.70. The van der Waals surface area contributed by atoms with Gasteiger partial charge in [0.2, 0.25) is 0 Å². The fourth-order valence-electron chi connectivity index (χ4n) is 1.56. The minimum absolute atomic E-state index is 1.11. The lowest BCUT2D eigenvalue weighted by Gasteiger charge is -2.24. The third-order valence-electron chi connectivity index (χ3n) is 2.72. The van der Waals surface area contributed by atoms with Crippen LogP contribution in [0, 0.1) is 0 Å². The Morgan fingerprint density at radius 3 is 2.42 bits per heavy atom. The summed E-state index contributed by atoms with van der Waals surface area (Å²) in [5.74, 6) is 0. The molecular formula is C11H22P. The lowest BCUT2D eigenvalue weighted by atomic mass is 10.00. The first-order valence-corrected chi connectivity index (χ1v) is 6.75. The maximum Gasteiger partial charge on any atom is -0.0170 e. The number of hydrogen-bond acceptors (Lipinski definition) is 0. The molecule has 1 saturated carbocycles. The molecule has 0 unspecified atom stereocenters. The molecule has 0 amide bonds. The smallest absolute Gasteiger partial charge is 0.0170 e. The second-order valence-electron chi connectivity index (χ2n) is 3.91. The minimum Gasteiger partial charge on any atom is -0.0775 e. The van der Waals surface area contributed by atoms with Crippen LogP contribution >= 0.6 is 8.58 Å². The summed E-state index contributed by atoms with van der Waals surface area (Å²) in [6, 6.07) is 0. The van der Waals surface area contributed by atoms with E-state index in [0.717, 1.165) is 5.66 Å². The van der Waals surface area contributed by atoms with Crippen molar-refractivity contribution in [1.82, 2.24) is 0 Å². The van der Waals surface area contributed by atoms with Crippen LogP contribution in [-0.4, -0.2) is 11.8 Å². The average Bonchev–Trinajstić information content (AvgIpc) is 2.00. The van der Waals surface area contributed by atoms with Crippen molar-refractivity contribution in [2.75, 3.05) is 6.16 Å². The van der Waals surface area contributed by atoms with Crippen LogP contribution in [0.25, 0.3) is 0 Å². The Hall–Kier alpha value is 0.430. The standard InChI is InChI=1S/C11H22P/c1-2-3-4-5-6-10-12-11-8-7-9-11/h11H,2-10H2,1H3. The first-order chi connectivity index (χ1) is 5.93. The topological polar surface area (TPSA) is 0 Å². The van der Waals surface area contributed by atoms with Gasteiger partial charge in [0, 0.05) is 0 Å². The van der Waals surface area contributed by atoms with E-state index in [0.29, 0.717) is 0 Å². The molecule has 12 heavy (non-hydrogen) atoms. The molecule has 1 fully saturated rings. The van der Waals surface area contributed by atoms with Crippen molar-refractivity contribution in [1.29, 1.82) is 0 Å². The summed E-state index contributed by atoms with van der Waals surface area (Å²) in [4.78, 5) is 0. The summed E-state index contributed by atoms with van der Waals surface area (Å²) in [5, 5.41) is 0. The van der Waals surface area contributed by atoms with Gasteiger partial charge < -0.3 is 0 Å². The summed E-state index contributed by atoms with van der Waals surface area (Å²) in [6.07, 6.45) is 13.3. The Kier molecular flexibility index (Phi) is 6.04. The van der Waals surface area contributed by atoms with E-state index in [9.17, 15) is 0 Å². The van der Waals surface area contributed by atoms with Crippen LogP contribution in [0.1, 0.15) is 58.3 Å². The van der Waals surface area contributed by atoms with Crippen LogP contribution < -0.4 is 0 Å². The number of unbranched alkanes of at least 4 members (excludes halogenated alkanes) is 4. The summed E-state index contributed by atoms with van der Waals surface area (Å²) in [7, 11) is 1.76. The molecule has 0 saturated heterocycles. The predicted molar refractivity (Wildman–Crippen MR) is 58.2 cm³/mol. The van der Waals surface area contributed by atoms with Crippen molar-refractivity contribution < 1.29 is 0 Å². The number of hydrogen-bond donors (Lipinski definition) is 0. The summed E-state index contributed by atoms with van der Waals surface area (Å²) in [6.45, 7) is 2.28. The van der Waals surface area contributed by atoms with Crippen molar-refractivity contribution in [3.8, 4) is 0 Å². The molecule has 0 spiro atoms. The van der Waals surface area contributed by atoms with E-state index in [-0.39, 0.29) is 0 Å². The number of rotatable bonds is 7. The van der Waals surface area contributed by atoms with Crippen LogP contribution in [-0.2, 0) is 0 Å². The van der Waals surface area contributed by atoms with Gasteiger partial charge in [0.15, 0.2) is 0 Å². The highest BCUT2D eigenvalue weighted by Gasteiger charge is 2.16. The van der Waals surface area contributed by atoms with Crippen molar-refractivity contribution in [2.45, 2.75) is 63.9 Å². The van der Waals surface area contributed by atoms with Gasteiger partial charge >= 0.3 is 0 Å². The first-order valence-electron chi connectivity index (χ1n) is 5.60. The fraction of sp³-hybridized carbons (Fsp3) is 1.00. The zero-order chi connectivity index (χ0) is 8.65. The minimum atomic E-state index is 1.11. The quantitative estimate of drug-likeness (QED) is 0.406. The molecule has 1 radical (unpaired) electrons. The molecule has 1 heteroatoms. The molecule has 0 N–H and O–H groups in total. The van der Waals surface area contributed by atoms with Crippen LogP contribution in [0.15, 0.2) is 0 Å². The molecule has 0 atom stereocenters. The SMILES string of the molecule is CCCCCCC[P]C1CCC1. The highest BCUT2D eigenvalue weighted by Crippen LogP contribution is 2.36. The van der Waals surface area contributed by atoms with Gasteiger partial charge in [-0.1, -0.05) is 47.6 Å². The molecule has 1 aliphatic rings. The van der Waals surface area contributed by atoms with Crippen molar-refractivity contribution in [3.05, 3.63) is 0 Å². The second-order valence-corrected chi connectivity index (χ2v) is 5.45. The molecule has 0 aliphatic heterocycles.